The quantitative estimate of drug-likeness (QED) is 0.476. The molecule has 4 rings (SSSR count). The minimum absolute atomic E-state index is 0.126. The van der Waals surface area contributed by atoms with Gasteiger partial charge in [-0.1, -0.05) is 29.8 Å². The van der Waals surface area contributed by atoms with Gasteiger partial charge in [0.15, 0.2) is 11.5 Å². The molecule has 0 atom stereocenters. The van der Waals surface area contributed by atoms with E-state index < -0.39 is 11.2 Å². The third kappa shape index (κ3) is 3.84. The Balaban J connectivity index is 1.72. The summed E-state index contributed by atoms with van der Waals surface area (Å²) in [4.78, 5) is 34.7. The number of benzene rings is 2. The van der Waals surface area contributed by atoms with Crippen molar-refractivity contribution in [1.82, 2.24) is 19.1 Å². The van der Waals surface area contributed by atoms with Crippen LogP contribution in [0.3, 0.4) is 0 Å². The van der Waals surface area contributed by atoms with Gasteiger partial charge >= 0.3 is 5.69 Å². The molecule has 0 fully saturated rings. The average molecular weight is 423 g/mol. The molecule has 0 saturated carbocycles. The zero-order valence-electron chi connectivity index (χ0n) is 16.3. The number of nitrogens with zero attached hydrogens (tertiary/aromatic N) is 4. The highest BCUT2D eigenvalue weighted by molar-refractivity contribution is 6.30. The zero-order chi connectivity index (χ0) is 21.1. The van der Waals surface area contributed by atoms with Crippen LogP contribution in [-0.4, -0.2) is 25.7 Å². The van der Waals surface area contributed by atoms with Crippen molar-refractivity contribution in [3.63, 3.8) is 0 Å². The van der Waals surface area contributed by atoms with Gasteiger partial charge in [-0.2, -0.15) is 0 Å². The number of hydrogen-bond acceptors (Lipinski definition) is 5. The molecule has 0 saturated heterocycles. The van der Waals surface area contributed by atoms with E-state index in [1.54, 1.807) is 24.3 Å². The Labute approximate surface area is 177 Å². The fourth-order valence-electron chi connectivity index (χ4n) is 3.19. The summed E-state index contributed by atoms with van der Waals surface area (Å²) in [5, 5.41) is 0.888. The van der Waals surface area contributed by atoms with Gasteiger partial charge in [0.05, 0.1) is 6.54 Å². The van der Waals surface area contributed by atoms with Crippen LogP contribution in [0.2, 0.25) is 5.02 Å². The number of ether oxygens (including phenoxy) is 1. The number of rotatable bonds is 6. The fourth-order valence-corrected chi connectivity index (χ4v) is 3.32. The van der Waals surface area contributed by atoms with E-state index >= 15 is 0 Å². The van der Waals surface area contributed by atoms with Crippen molar-refractivity contribution in [1.29, 1.82) is 0 Å². The number of hydrogen-bond donors (Lipinski definition) is 0. The van der Waals surface area contributed by atoms with Crippen molar-refractivity contribution < 1.29 is 4.74 Å². The van der Waals surface area contributed by atoms with Gasteiger partial charge in [-0.15, -0.1) is 0 Å². The molecule has 2 aromatic heterocycles. The van der Waals surface area contributed by atoms with E-state index in [-0.39, 0.29) is 18.5 Å². The molecule has 0 amide bonds. The molecule has 2 heterocycles. The van der Waals surface area contributed by atoms with E-state index in [4.69, 9.17) is 16.3 Å². The van der Waals surface area contributed by atoms with Crippen LogP contribution in [0.25, 0.3) is 22.4 Å². The van der Waals surface area contributed by atoms with E-state index in [2.05, 4.69) is 9.97 Å². The first kappa shape index (κ1) is 19.8. The van der Waals surface area contributed by atoms with Gasteiger partial charge in [-0.3, -0.25) is 13.9 Å². The molecule has 0 aliphatic heterocycles. The van der Waals surface area contributed by atoms with Crippen molar-refractivity contribution in [2.75, 3.05) is 6.61 Å². The highest BCUT2D eigenvalue weighted by Crippen LogP contribution is 2.19. The lowest BCUT2D eigenvalue weighted by atomic mass is 10.2. The second-order valence-electron chi connectivity index (χ2n) is 6.58. The number of fused-ring (bicyclic) bond motifs is 1. The normalized spacial score (nSPS) is 11.0. The van der Waals surface area contributed by atoms with Gasteiger partial charge in [0.25, 0.3) is 5.56 Å². The second kappa shape index (κ2) is 8.51. The van der Waals surface area contributed by atoms with E-state index in [1.165, 1.54) is 15.3 Å². The zero-order valence-corrected chi connectivity index (χ0v) is 17.0. The van der Waals surface area contributed by atoms with Crippen molar-refractivity contribution in [2.45, 2.75) is 20.0 Å². The molecule has 0 aliphatic carbocycles. The molecular formula is C22H19ClN4O3. The Hall–Kier alpha value is -3.45. The predicted octanol–water partition coefficient (Wildman–Crippen LogP) is 3.37. The smallest absolute Gasteiger partial charge is 0.332 e. The summed E-state index contributed by atoms with van der Waals surface area (Å²) < 4.78 is 8.28. The highest BCUT2D eigenvalue weighted by atomic mass is 35.5. The summed E-state index contributed by atoms with van der Waals surface area (Å²) in [5.74, 6) is 1.10. The Morgan fingerprint density at radius 2 is 1.73 bits per heavy atom. The van der Waals surface area contributed by atoms with Gasteiger partial charge < -0.3 is 4.74 Å². The maximum absolute atomic E-state index is 13.0. The highest BCUT2D eigenvalue weighted by Gasteiger charge is 2.15. The van der Waals surface area contributed by atoms with Crippen molar-refractivity contribution >= 4 is 22.6 Å². The SMILES string of the molecule is CCn1c(=O)n(CCOc2ccccc2)c(=O)c2cnc(-c3ccc(Cl)cc3)nc21. The topological polar surface area (TPSA) is 79.0 Å². The maximum Gasteiger partial charge on any atom is 0.332 e. The van der Waals surface area contributed by atoms with E-state index in [9.17, 15) is 9.59 Å². The van der Waals surface area contributed by atoms with Gasteiger partial charge in [0.1, 0.15) is 17.7 Å². The van der Waals surface area contributed by atoms with Crippen molar-refractivity contribution in [3.05, 3.63) is 86.7 Å². The summed E-state index contributed by atoms with van der Waals surface area (Å²) in [6.45, 7) is 2.52. The van der Waals surface area contributed by atoms with Crippen molar-refractivity contribution in [3.8, 4) is 17.1 Å². The molecule has 7 nitrogen and oxygen atoms in total. The molecule has 0 aliphatic rings. The maximum atomic E-state index is 13.0. The Bertz CT molecular complexity index is 1300. The van der Waals surface area contributed by atoms with Crippen LogP contribution in [0.15, 0.2) is 70.4 Å². The van der Waals surface area contributed by atoms with E-state index in [1.807, 2.05) is 37.3 Å². The van der Waals surface area contributed by atoms with Crippen LogP contribution in [0.4, 0.5) is 0 Å². The molecule has 0 bridgehead atoms. The van der Waals surface area contributed by atoms with Crippen LogP contribution >= 0.6 is 11.6 Å². The third-order valence-corrected chi connectivity index (χ3v) is 4.96. The summed E-state index contributed by atoms with van der Waals surface area (Å²) in [6, 6.07) is 16.3. The number of halogens is 1. The molecule has 2 aromatic carbocycles. The lowest BCUT2D eigenvalue weighted by molar-refractivity contribution is 0.292. The van der Waals surface area contributed by atoms with Crippen LogP contribution in [0.1, 0.15) is 6.92 Å². The Morgan fingerprint density at radius 3 is 2.43 bits per heavy atom. The summed E-state index contributed by atoms with van der Waals surface area (Å²) in [6.07, 6.45) is 1.47. The van der Waals surface area contributed by atoms with Crippen LogP contribution < -0.4 is 16.0 Å². The summed E-state index contributed by atoms with van der Waals surface area (Å²) in [5.41, 5.74) is 0.205. The first-order valence-corrected chi connectivity index (χ1v) is 9.90. The summed E-state index contributed by atoms with van der Waals surface area (Å²) >= 11 is 5.94. The van der Waals surface area contributed by atoms with Gasteiger partial charge in [-0.25, -0.2) is 14.8 Å². The molecule has 0 radical (unpaired) electrons. The first-order valence-electron chi connectivity index (χ1n) is 9.52. The van der Waals surface area contributed by atoms with Gasteiger partial charge in [0, 0.05) is 23.3 Å². The minimum atomic E-state index is -0.431. The molecule has 0 N–H and O–H groups in total. The number of aryl methyl sites for hydroxylation is 1. The summed E-state index contributed by atoms with van der Waals surface area (Å²) in [7, 11) is 0. The second-order valence-corrected chi connectivity index (χ2v) is 7.02. The van der Waals surface area contributed by atoms with E-state index in [0.29, 0.717) is 28.8 Å². The molecule has 8 heteroatoms. The average Bonchev–Trinajstić information content (AvgIpc) is 2.77. The third-order valence-electron chi connectivity index (χ3n) is 4.71. The molecule has 4 aromatic rings. The monoisotopic (exact) mass is 422 g/mol. The predicted molar refractivity (Wildman–Crippen MR) is 116 cm³/mol. The Kier molecular flexibility index (Phi) is 5.63. The lowest BCUT2D eigenvalue weighted by Crippen LogP contribution is -2.41. The molecule has 0 spiro atoms. The Morgan fingerprint density at radius 1 is 1.00 bits per heavy atom. The largest absolute Gasteiger partial charge is 0.492 e. The van der Waals surface area contributed by atoms with E-state index in [0.717, 1.165) is 5.56 Å². The number of para-hydroxylation sites is 1. The minimum Gasteiger partial charge on any atom is -0.492 e. The fraction of sp³-hybridized carbons (Fsp3) is 0.182. The van der Waals surface area contributed by atoms with Crippen molar-refractivity contribution in [2.24, 2.45) is 0 Å². The number of aromatic nitrogens is 4. The lowest BCUT2D eigenvalue weighted by Gasteiger charge is -2.13. The van der Waals surface area contributed by atoms with Crippen LogP contribution in [-0.2, 0) is 13.1 Å². The molecule has 30 heavy (non-hydrogen) atoms. The van der Waals surface area contributed by atoms with Crippen LogP contribution in [0.5, 0.6) is 5.75 Å². The molecular weight excluding hydrogens is 404 g/mol. The molecule has 152 valence electrons. The van der Waals surface area contributed by atoms with Gasteiger partial charge in [-0.05, 0) is 43.3 Å². The molecule has 0 unspecified atom stereocenters. The standard InChI is InChI=1S/C22H19ClN4O3/c1-2-26-20-18(14-24-19(25-20)15-8-10-16(23)11-9-15)21(28)27(22(26)29)12-13-30-17-6-4-3-5-7-17/h3-11,14H,2,12-13H2,1H3. The van der Waals surface area contributed by atoms with Gasteiger partial charge in [0.2, 0.25) is 0 Å². The first-order chi connectivity index (χ1) is 14.6. The van der Waals surface area contributed by atoms with Crippen LogP contribution in [0, 0.1) is 0 Å².